The molecule has 11 heteroatoms. The molecule has 0 aliphatic carbocycles. The van der Waals surface area contributed by atoms with E-state index in [-0.39, 0.29) is 17.7 Å². The molecule has 0 bridgehead atoms. The van der Waals surface area contributed by atoms with Gasteiger partial charge in [0, 0.05) is 29.7 Å². The molecule has 3 rings (SSSR count). The molecule has 0 aliphatic rings. The molecule has 38 heavy (non-hydrogen) atoms. The van der Waals surface area contributed by atoms with E-state index in [1.807, 2.05) is 0 Å². The standard InChI is InChI=1S/C27H31FN6O4/c1-5-23(35)31-18-9-6-10-19(15-18)32-24-22(28)17-30-25(34-24)33-20-11-7-12-21(16-20)37-14-8-13-29-26(36)38-27(2,3)4/h5-7,9-12,15-17H,1,8,13-14H2,2-4H3,(H,29,36)(H,31,35)(H2,30,32,33,34). The van der Waals surface area contributed by atoms with Gasteiger partial charge in [0.05, 0.1) is 12.8 Å². The maximum atomic E-state index is 14.4. The summed E-state index contributed by atoms with van der Waals surface area (Å²) in [6.45, 7) is 9.62. The first-order valence-electron chi connectivity index (χ1n) is 11.9. The molecule has 0 fully saturated rings. The summed E-state index contributed by atoms with van der Waals surface area (Å²) in [4.78, 5) is 31.4. The molecule has 0 atom stereocenters. The Hall–Kier alpha value is -4.67. The van der Waals surface area contributed by atoms with Crippen LogP contribution in [0, 0.1) is 5.82 Å². The van der Waals surface area contributed by atoms with Crippen molar-refractivity contribution in [1.82, 2.24) is 15.3 Å². The van der Waals surface area contributed by atoms with Gasteiger partial charge in [0.2, 0.25) is 11.9 Å². The highest BCUT2D eigenvalue weighted by molar-refractivity contribution is 5.99. The van der Waals surface area contributed by atoms with Gasteiger partial charge >= 0.3 is 6.09 Å². The second-order valence-electron chi connectivity index (χ2n) is 9.07. The van der Waals surface area contributed by atoms with Gasteiger partial charge in [-0.2, -0.15) is 4.98 Å². The van der Waals surface area contributed by atoms with Crippen molar-refractivity contribution < 1.29 is 23.5 Å². The van der Waals surface area contributed by atoms with Crippen LogP contribution < -0.4 is 26.0 Å². The van der Waals surface area contributed by atoms with Crippen LogP contribution in [0.15, 0.2) is 67.4 Å². The van der Waals surface area contributed by atoms with Crippen molar-refractivity contribution in [3.8, 4) is 5.75 Å². The van der Waals surface area contributed by atoms with E-state index in [0.29, 0.717) is 42.4 Å². The second-order valence-corrected chi connectivity index (χ2v) is 9.07. The molecule has 0 unspecified atom stereocenters. The van der Waals surface area contributed by atoms with Crippen LogP contribution in [-0.4, -0.2) is 40.7 Å². The molecule has 1 aromatic heterocycles. The van der Waals surface area contributed by atoms with E-state index in [2.05, 4.69) is 37.8 Å². The zero-order valence-corrected chi connectivity index (χ0v) is 21.5. The average Bonchev–Trinajstić information content (AvgIpc) is 2.85. The minimum Gasteiger partial charge on any atom is -0.493 e. The molecule has 0 aliphatic heterocycles. The summed E-state index contributed by atoms with van der Waals surface area (Å²) in [7, 11) is 0. The fraction of sp³-hybridized carbons (Fsp3) is 0.259. The van der Waals surface area contributed by atoms with Crippen LogP contribution in [0.5, 0.6) is 5.75 Å². The number of rotatable bonds is 11. The van der Waals surface area contributed by atoms with E-state index in [4.69, 9.17) is 9.47 Å². The maximum absolute atomic E-state index is 14.4. The fourth-order valence-corrected chi connectivity index (χ4v) is 3.08. The Morgan fingerprint density at radius 1 is 1.05 bits per heavy atom. The smallest absolute Gasteiger partial charge is 0.407 e. The predicted octanol–water partition coefficient (Wildman–Crippen LogP) is 5.52. The Morgan fingerprint density at radius 3 is 2.50 bits per heavy atom. The summed E-state index contributed by atoms with van der Waals surface area (Å²) in [5.74, 6) is -0.270. The Morgan fingerprint density at radius 2 is 1.76 bits per heavy atom. The van der Waals surface area contributed by atoms with E-state index < -0.39 is 17.5 Å². The number of carbonyl (C=O) groups is 2. The number of aromatic nitrogens is 2. The highest BCUT2D eigenvalue weighted by Gasteiger charge is 2.15. The van der Waals surface area contributed by atoms with Crippen LogP contribution in [0.4, 0.5) is 38.0 Å². The number of hydrogen-bond acceptors (Lipinski definition) is 8. The predicted molar refractivity (Wildman–Crippen MR) is 145 cm³/mol. The van der Waals surface area contributed by atoms with E-state index in [1.54, 1.807) is 69.3 Å². The molecule has 0 spiro atoms. The Balaban J connectivity index is 1.55. The van der Waals surface area contributed by atoms with Crippen molar-refractivity contribution in [2.45, 2.75) is 32.8 Å². The third-order valence-electron chi connectivity index (χ3n) is 4.67. The first-order chi connectivity index (χ1) is 18.1. The molecule has 0 radical (unpaired) electrons. The first-order valence-corrected chi connectivity index (χ1v) is 11.9. The third kappa shape index (κ3) is 9.41. The average molecular weight is 523 g/mol. The van der Waals surface area contributed by atoms with Crippen molar-refractivity contribution in [2.75, 3.05) is 29.1 Å². The van der Waals surface area contributed by atoms with Crippen LogP contribution in [-0.2, 0) is 9.53 Å². The van der Waals surface area contributed by atoms with Crippen molar-refractivity contribution in [3.63, 3.8) is 0 Å². The number of benzene rings is 2. The van der Waals surface area contributed by atoms with Gasteiger partial charge in [-0.15, -0.1) is 0 Å². The molecule has 10 nitrogen and oxygen atoms in total. The van der Waals surface area contributed by atoms with Crippen LogP contribution >= 0.6 is 0 Å². The number of hydrogen-bond donors (Lipinski definition) is 4. The summed E-state index contributed by atoms with van der Waals surface area (Å²) < 4.78 is 25.3. The Kier molecular flexibility index (Phi) is 9.58. The van der Waals surface area contributed by atoms with E-state index in [0.717, 1.165) is 12.3 Å². The molecule has 2 aromatic carbocycles. The van der Waals surface area contributed by atoms with Gasteiger partial charge in [0.15, 0.2) is 11.6 Å². The molecule has 1 heterocycles. The van der Waals surface area contributed by atoms with Gasteiger partial charge in [-0.25, -0.2) is 14.2 Å². The first kappa shape index (κ1) is 27.9. The number of alkyl carbamates (subject to hydrolysis) is 1. The van der Waals surface area contributed by atoms with Crippen molar-refractivity contribution in [2.24, 2.45) is 0 Å². The van der Waals surface area contributed by atoms with Crippen LogP contribution in [0.25, 0.3) is 0 Å². The lowest BCUT2D eigenvalue weighted by molar-refractivity contribution is -0.111. The molecular weight excluding hydrogens is 491 g/mol. The molecule has 200 valence electrons. The van der Waals surface area contributed by atoms with Crippen LogP contribution in [0.1, 0.15) is 27.2 Å². The van der Waals surface area contributed by atoms with Gasteiger partial charge in [0.25, 0.3) is 0 Å². The molecule has 4 N–H and O–H groups in total. The lowest BCUT2D eigenvalue weighted by Crippen LogP contribution is -2.33. The maximum Gasteiger partial charge on any atom is 0.407 e. The third-order valence-corrected chi connectivity index (χ3v) is 4.67. The van der Waals surface area contributed by atoms with Gasteiger partial charge in [-0.05, 0) is 63.6 Å². The fourth-order valence-electron chi connectivity index (χ4n) is 3.08. The highest BCUT2D eigenvalue weighted by Crippen LogP contribution is 2.24. The number of anilines is 5. The molecular formula is C27H31FN6O4. The lowest BCUT2D eigenvalue weighted by Gasteiger charge is -2.19. The number of nitrogens with one attached hydrogen (secondary N) is 4. The number of amides is 2. The monoisotopic (exact) mass is 522 g/mol. The van der Waals surface area contributed by atoms with Crippen molar-refractivity contribution in [3.05, 3.63) is 73.2 Å². The van der Waals surface area contributed by atoms with Crippen LogP contribution in [0.3, 0.4) is 0 Å². The summed E-state index contributed by atoms with van der Waals surface area (Å²) in [6.07, 6.45) is 2.33. The van der Waals surface area contributed by atoms with Crippen molar-refractivity contribution >= 4 is 40.8 Å². The minimum atomic E-state index is -0.645. The quantitative estimate of drug-likeness (QED) is 0.192. The Labute approximate surface area is 220 Å². The zero-order chi connectivity index (χ0) is 27.5. The summed E-state index contributed by atoms with van der Waals surface area (Å²) in [6, 6.07) is 13.9. The number of ether oxygens (including phenoxy) is 2. The Bertz CT molecular complexity index is 1280. The highest BCUT2D eigenvalue weighted by atomic mass is 19.1. The number of halogens is 1. The molecule has 3 aromatic rings. The number of carbonyl (C=O) groups excluding carboxylic acids is 2. The van der Waals surface area contributed by atoms with E-state index in [1.165, 1.54) is 0 Å². The zero-order valence-electron chi connectivity index (χ0n) is 21.5. The molecule has 0 saturated heterocycles. The van der Waals surface area contributed by atoms with Gasteiger partial charge in [-0.1, -0.05) is 18.7 Å². The molecule has 2 amide bonds. The van der Waals surface area contributed by atoms with Crippen molar-refractivity contribution in [1.29, 1.82) is 0 Å². The topological polar surface area (TPSA) is 126 Å². The summed E-state index contributed by atoms with van der Waals surface area (Å²) in [5, 5.41) is 11.3. The minimum absolute atomic E-state index is 0.0420. The largest absolute Gasteiger partial charge is 0.493 e. The summed E-state index contributed by atoms with van der Waals surface area (Å²) in [5.41, 5.74) is 1.13. The van der Waals surface area contributed by atoms with Gasteiger partial charge < -0.3 is 30.7 Å². The van der Waals surface area contributed by atoms with Gasteiger partial charge in [0.1, 0.15) is 11.4 Å². The van der Waals surface area contributed by atoms with Crippen LogP contribution in [0.2, 0.25) is 0 Å². The number of nitrogens with zero attached hydrogens (tertiary/aromatic N) is 2. The lowest BCUT2D eigenvalue weighted by atomic mass is 10.2. The van der Waals surface area contributed by atoms with Gasteiger partial charge in [-0.3, -0.25) is 4.79 Å². The summed E-state index contributed by atoms with van der Waals surface area (Å²) >= 11 is 0. The second kappa shape index (κ2) is 13.0. The van der Waals surface area contributed by atoms with E-state index in [9.17, 15) is 14.0 Å². The van der Waals surface area contributed by atoms with E-state index >= 15 is 0 Å². The molecule has 0 saturated carbocycles. The normalized spacial score (nSPS) is 10.7. The SMILES string of the molecule is C=CC(=O)Nc1cccc(Nc2nc(Nc3cccc(OCCCNC(=O)OC(C)(C)C)c3)ncc2F)c1.